The number of carbonyl (C=O) groups excluding carboxylic acids is 2. The predicted octanol–water partition coefficient (Wildman–Crippen LogP) is 3.28. The zero-order valence-electron chi connectivity index (χ0n) is 17.8. The number of hydrogen-bond donors (Lipinski definition) is 2. The molecule has 0 aromatic carbocycles. The Hall–Kier alpha value is -2.37. The van der Waals surface area contributed by atoms with E-state index in [4.69, 9.17) is 0 Å². The van der Waals surface area contributed by atoms with Crippen LogP contribution in [0.25, 0.3) is 5.65 Å². The quantitative estimate of drug-likeness (QED) is 0.773. The minimum Gasteiger partial charge on any atom is -0.350 e. The topological polar surface area (TPSA) is 75.5 Å². The van der Waals surface area contributed by atoms with E-state index in [0.717, 1.165) is 24.3 Å². The molecule has 4 aliphatic carbocycles. The van der Waals surface area contributed by atoms with Crippen molar-refractivity contribution in [1.29, 1.82) is 0 Å². The van der Waals surface area contributed by atoms with E-state index in [2.05, 4.69) is 29.5 Å². The maximum Gasteiger partial charge on any atom is 0.271 e. The average Bonchev–Trinajstić information content (AvgIpc) is 3.55. The lowest BCUT2D eigenvalue weighted by molar-refractivity contribution is 0.0888. The first-order valence-electron chi connectivity index (χ1n) is 11.4. The van der Waals surface area contributed by atoms with E-state index in [-0.39, 0.29) is 11.8 Å². The molecule has 30 heavy (non-hydrogen) atoms. The summed E-state index contributed by atoms with van der Waals surface area (Å²) in [6, 6.07) is 5.47. The Morgan fingerprint density at radius 2 is 2.07 bits per heavy atom. The summed E-state index contributed by atoms with van der Waals surface area (Å²) in [4.78, 5) is 29.9. The molecule has 6 nitrogen and oxygen atoms in total. The fourth-order valence-electron chi connectivity index (χ4n) is 6.92. The van der Waals surface area contributed by atoms with Crippen LogP contribution in [-0.2, 0) is 0 Å². The van der Waals surface area contributed by atoms with Crippen molar-refractivity contribution in [3.8, 4) is 0 Å². The van der Waals surface area contributed by atoms with Gasteiger partial charge in [0.05, 0.1) is 0 Å². The van der Waals surface area contributed by atoms with Crippen LogP contribution in [0.3, 0.4) is 0 Å². The highest BCUT2D eigenvalue weighted by molar-refractivity contribution is 5.95. The van der Waals surface area contributed by atoms with E-state index in [1.165, 1.54) is 32.1 Å². The maximum absolute atomic E-state index is 13.1. The van der Waals surface area contributed by atoms with Crippen LogP contribution in [-0.4, -0.2) is 34.3 Å². The molecule has 2 bridgehead atoms. The van der Waals surface area contributed by atoms with Crippen LogP contribution in [0.1, 0.15) is 66.9 Å². The second-order valence-electron chi connectivity index (χ2n) is 10.9. The molecule has 5 atom stereocenters. The number of fused-ring (bicyclic) bond motifs is 3. The Labute approximate surface area is 176 Å². The molecule has 158 valence electrons. The van der Waals surface area contributed by atoms with E-state index in [9.17, 15) is 9.59 Å². The van der Waals surface area contributed by atoms with Gasteiger partial charge in [-0.25, -0.2) is 4.98 Å². The number of nitrogens with zero attached hydrogens (tertiary/aromatic N) is 2. The number of hydrogen-bond acceptors (Lipinski definition) is 3. The first-order chi connectivity index (χ1) is 14.4. The predicted molar refractivity (Wildman–Crippen MR) is 113 cm³/mol. The number of aromatic nitrogens is 2. The van der Waals surface area contributed by atoms with E-state index in [1.807, 2.05) is 18.2 Å². The van der Waals surface area contributed by atoms with Gasteiger partial charge in [0.1, 0.15) is 17.0 Å². The Kier molecular flexibility index (Phi) is 3.73. The Balaban J connectivity index is 1.18. The zero-order chi connectivity index (χ0) is 20.7. The lowest BCUT2D eigenvalue weighted by Crippen LogP contribution is -2.40. The van der Waals surface area contributed by atoms with Crippen molar-refractivity contribution in [3.05, 3.63) is 35.8 Å². The van der Waals surface area contributed by atoms with Gasteiger partial charge in [-0.05, 0) is 78.7 Å². The molecule has 2 amide bonds. The van der Waals surface area contributed by atoms with Gasteiger partial charge in [-0.3, -0.25) is 14.0 Å². The summed E-state index contributed by atoms with van der Waals surface area (Å²) in [5.41, 5.74) is 2.49. The summed E-state index contributed by atoms with van der Waals surface area (Å²) in [6.07, 6.45) is 8.47. The van der Waals surface area contributed by atoms with Crippen molar-refractivity contribution < 1.29 is 9.59 Å². The molecular formula is C24H30N4O2. The maximum atomic E-state index is 13.1. The molecule has 2 aromatic rings. The van der Waals surface area contributed by atoms with Crippen LogP contribution in [0, 0.1) is 34.5 Å². The minimum absolute atomic E-state index is 0.0749. The van der Waals surface area contributed by atoms with E-state index >= 15 is 0 Å². The molecule has 5 unspecified atom stereocenters. The fourth-order valence-corrected chi connectivity index (χ4v) is 6.92. The van der Waals surface area contributed by atoms with Crippen molar-refractivity contribution in [2.75, 3.05) is 13.1 Å². The second-order valence-corrected chi connectivity index (χ2v) is 10.9. The van der Waals surface area contributed by atoms with Crippen LogP contribution in [0.2, 0.25) is 0 Å². The van der Waals surface area contributed by atoms with Gasteiger partial charge in [-0.2, -0.15) is 0 Å². The van der Waals surface area contributed by atoms with Gasteiger partial charge >= 0.3 is 0 Å². The molecular weight excluding hydrogens is 376 g/mol. The number of imidazole rings is 1. The monoisotopic (exact) mass is 406 g/mol. The summed E-state index contributed by atoms with van der Waals surface area (Å²) in [7, 11) is 0. The SMILES string of the molecule is CC(C)CNC(=O)c1cn2c(C(=O)NCC34CC5CC5C5(CC5C3)C4)cccc2n1. The smallest absolute Gasteiger partial charge is 0.271 e. The molecule has 2 heterocycles. The molecule has 1 spiro atoms. The summed E-state index contributed by atoms with van der Waals surface area (Å²) < 4.78 is 1.74. The molecule has 6 heteroatoms. The summed E-state index contributed by atoms with van der Waals surface area (Å²) in [5, 5.41) is 6.14. The van der Waals surface area contributed by atoms with Gasteiger partial charge in [0, 0.05) is 19.3 Å². The normalized spacial score (nSPS) is 35.1. The molecule has 0 saturated heterocycles. The standard InChI is InChI=1S/C24H30N4O2/c1-14(2)10-25-21(29)18-11-28-19(4-3-5-20(28)27-18)22(30)26-13-23-7-15-6-17(15)24(12-23)9-16(24)8-23/h3-5,11,14-17H,6-10,12-13H2,1-2H3,(H,25,29)(H,26,30). The van der Waals surface area contributed by atoms with E-state index in [1.54, 1.807) is 10.6 Å². The number of nitrogens with one attached hydrogen (secondary N) is 2. The average molecular weight is 407 g/mol. The Morgan fingerprint density at radius 1 is 1.20 bits per heavy atom. The highest BCUT2D eigenvalue weighted by Gasteiger charge is 2.76. The molecule has 4 fully saturated rings. The zero-order valence-corrected chi connectivity index (χ0v) is 17.8. The van der Waals surface area contributed by atoms with Crippen molar-refractivity contribution in [3.63, 3.8) is 0 Å². The van der Waals surface area contributed by atoms with Gasteiger partial charge in [-0.15, -0.1) is 0 Å². The van der Waals surface area contributed by atoms with E-state index in [0.29, 0.717) is 40.3 Å². The summed E-state index contributed by atoms with van der Waals surface area (Å²) >= 11 is 0. The van der Waals surface area contributed by atoms with Crippen LogP contribution >= 0.6 is 0 Å². The van der Waals surface area contributed by atoms with Crippen molar-refractivity contribution >= 4 is 17.5 Å². The lowest BCUT2D eigenvalue weighted by Gasteiger charge is -2.36. The van der Waals surface area contributed by atoms with Gasteiger partial charge in [-0.1, -0.05) is 19.9 Å². The molecule has 4 aliphatic rings. The van der Waals surface area contributed by atoms with Gasteiger partial charge in [0.25, 0.3) is 11.8 Å². The molecule has 6 rings (SSSR count). The van der Waals surface area contributed by atoms with Crippen molar-refractivity contribution in [2.24, 2.45) is 34.5 Å². The van der Waals surface area contributed by atoms with Crippen LogP contribution in [0.5, 0.6) is 0 Å². The van der Waals surface area contributed by atoms with Gasteiger partial charge < -0.3 is 10.6 Å². The molecule has 2 aromatic heterocycles. The minimum atomic E-state index is -0.200. The fraction of sp³-hybridized carbons (Fsp3) is 0.625. The third-order valence-corrected chi connectivity index (χ3v) is 8.27. The van der Waals surface area contributed by atoms with Crippen molar-refractivity contribution in [2.45, 2.75) is 46.0 Å². The number of rotatable bonds is 6. The highest BCUT2D eigenvalue weighted by atomic mass is 16.2. The number of pyridine rings is 1. The molecule has 4 saturated carbocycles. The van der Waals surface area contributed by atoms with Crippen LogP contribution in [0.15, 0.2) is 24.4 Å². The van der Waals surface area contributed by atoms with Crippen LogP contribution < -0.4 is 10.6 Å². The third-order valence-electron chi connectivity index (χ3n) is 8.27. The number of carbonyl (C=O) groups is 2. The molecule has 2 N–H and O–H groups in total. The first kappa shape index (κ1) is 18.4. The highest BCUT2D eigenvalue weighted by Crippen LogP contribution is 2.83. The summed E-state index contributed by atoms with van der Waals surface area (Å²) in [6.45, 7) is 5.49. The summed E-state index contributed by atoms with van der Waals surface area (Å²) in [5.74, 6) is 2.96. The Morgan fingerprint density at radius 3 is 2.90 bits per heavy atom. The first-order valence-corrected chi connectivity index (χ1v) is 11.4. The van der Waals surface area contributed by atoms with E-state index < -0.39 is 0 Å². The largest absolute Gasteiger partial charge is 0.350 e. The van der Waals surface area contributed by atoms with Crippen molar-refractivity contribution in [1.82, 2.24) is 20.0 Å². The lowest BCUT2D eigenvalue weighted by atomic mass is 9.71. The van der Waals surface area contributed by atoms with Gasteiger partial charge in [0.2, 0.25) is 0 Å². The Bertz CT molecular complexity index is 1050. The molecule has 0 aliphatic heterocycles. The third kappa shape index (κ3) is 2.72. The van der Waals surface area contributed by atoms with Gasteiger partial charge in [0.15, 0.2) is 0 Å². The number of amides is 2. The second kappa shape index (κ2) is 6.08. The van der Waals surface area contributed by atoms with Crippen LogP contribution in [0.4, 0.5) is 0 Å². The molecule has 0 radical (unpaired) electrons.